The molecule has 8 rings (SSSR count). The van der Waals surface area contributed by atoms with Crippen LogP contribution >= 0.6 is 0 Å². The summed E-state index contributed by atoms with van der Waals surface area (Å²) in [6.45, 7) is 6.44. The van der Waals surface area contributed by atoms with Gasteiger partial charge in [0, 0.05) is 55.4 Å². The van der Waals surface area contributed by atoms with Crippen molar-refractivity contribution in [3.05, 3.63) is 107 Å². The van der Waals surface area contributed by atoms with Gasteiger partial charge >= 0.3 is 0 Å². The average Bonchev–Trinajstić information content (AvgIpc) is 3.70. The Morgan fingerprint density at radius 1 is 0.885 bits per heavy atom. The predicted octanol–water partition coefficient (Wildman–Crippen LogP) is 5.74. The van der Waals surface area contributed by atoms with Crippen molar-refractivity contribution in [1.29, 1.82) is 0 Å². The van der Waals surface area contributed by atoms with Crippen LogP contribution in [0.4, 0.5) is 5.69 Å². The van der Waals surface area contributed by atoms with Crippen molar-refractivity contribution in [2.45, 2.75) is 76.6 Å². The van der Waals surface area contributed by atoms with Crippen LogP contribution in [0.2, 0.25) is 0 Å². The van der Waals surface area contributed by atoms with Crippen molar-refractivity contribution in [3.8, 4) is 28.9 Å². The van der Waals surface area contributed by atoms with E-state index in [1.54, 1.807) is 24.2 Å². The minimum atomic E-state index is -0.618. The van der Waals surface area contributed by atoms with E-state index in [0.29, 0.717) is 47.6 Å². The number of nitrogens with zero attached hydrogens (tertiary/aromatic N) is 5. The van der Waals surface area contributed by atoms with E-state index < -0.39 is 11.9 Å². The lowest BCUT2D eigenvalue weighted by Gasteiger charge is -2.36. The first-order valence-corrected chi connectivity index (χ1v) is 17.3. The van der Waals surface area contributed by atoms with Crippen molar-refractivity contribution in [1.82, 2.24) is 30.3 Å². The highest BCUT2D eigenvalue weighted by molar-refractivity contribution is 6.05. The summed E-state index contributed by atoms with van der Waals surface area (Å²) in [5.74, 6) is 2.28. The van der Waals surface area contributed by atoms with E-state index >= 15 is 0 Å². The smallest absolute Gasteiger partial charge is 0.255 e. The number of piperidine rings is 1. The third-order valence-electron chi connectivity index (χ3n) is 10.0. The first-order chi connectivity index (χ1) is 25.1. The number of amides is 3. The van der Waals surface area contributed by atoms with Crippen molar-refractivity contribution < 1.29 is 28.4 Å². The number of aromatic nitrogens is 4. The quantitative estimate of drug-likeness (QED) is 0.171. The van der Waals surface area contributed by atoms with Gasteiger partial charge in [-0.2, -0.15) is 4.98 Å². The summed E-state index contributed by atoms with van der Waals surface area (Å²) in [6.07, 6.45) is 5.56. The molecule has 2 N–H and O–H groups in total. The number of ether oxygens (including phenoxy) is 2. The van der Waals surface area contributed by atoms with Crippen molar-refractivity contribution in [2.75, 3.05) is 5.32 Å². The summed E-state index contributed by atoms with van der Waals surface area (Å²) in [7, 11) is 0. The van der Waals surface area contributed by atoms with Crippen molar-refractivity contribution >= 4 is 23.4 Å². The molecule has 0 spiro atoms. The number of fused-ring (bicyclic) bond motifs is 1. The second kappa shape index (κ2) is 13.2. The van der Waals surface area contributed by atoms with Gasteiger partial charge < -0.3 is 24.2 Å². The van der Waals surface area contributed by atoms with Gasteiger partial charge in [0.2, 0.25) is 29.4 Å². The molecule has 2 fully saturated rings. The average molecular weight is 700 g/mol. The van der Waals surface area contributed by atoms with E-state index in [-0.39, 0.29) is 35.8 Å². The molecule has 3 aliphatic rings. The Balaban J connectivity index is 0.819. The van der Waals surface area contributed by atoms with Crippen LogP contribution in [0.3, 0.4) is 0 Å². The van der Waals surface area contributed by atoms with E-state index in [2.05, 4.69) is 68.9 Å². The number of imide groups is 1. The highest BCUT2D eigenvalue weighted by Crippen LogP contribution is 2.36. The maximum absolute atomic E-state index is 13.0. The van der Waals surface area contributed by atoms with E-state index in [9.17, 15) is 14.4 Å². The molecular formula is C39H37N7O6. The molecule has 0 bridgehead atoms. The monoisotopic (exact) mass is 699 g/mol. The fourth-order valence-electron chi connectivity index (χ4n) is 6.94. The standard InChI is InChI=1S/C39H37N7O6/c1-22-42-36(45-52-22)35-40-19-31(20-41-35)51-29-11-6-25(7-12-29)39(2,3)24-4-9-28(10-5-24)50-30-17-27(18-30)43-26-8-13-32-23(16-26)21-46(38(32)49)33-14-15-34(47)44-37(33)48/h4-13,16,19-20,27,30,33,43H,14-15,17-18,21H2,1-3H3,(H,44,47,48). The maximum Gasteiger partial charge on any atom is 0.255 e. The molecular weight excluding hydrogens is 662 g/mol. The third-order valence-corrected chi connectivity index (χ3v) is 10.0. The molecule has 1 saturated heterocycles. The Bertz CT molecular complexity index is 2140. The van der Waals surface area contributed by atoms with Gasteiger partial charge in [-0.05, 0) is 65.6 Å². The summed E-state index contributed by atoms with van der Waals surface area (Å²) in [5, 5.41) is 9.75. The summed E-state index contributed by atoms with van der Waals surface area (Å²) in [4.78, 5) is 51.2. The SMILES string of the molecule is Cc1nc(-c2ncc(Oc3ccc(C(C)(C)c4ccc(OC5CC(Nc6ccc7c(c6)CN(C6CCC(=O)NC6=O)C7=O)C5)cc4)cc3)cn2)no1. The largest absolute Gasteiger partial charge is 0.490 e. The zero-order valence-corrected chi connectivity index (χ0v) is 29.0. The maximum atomic E-state index is 13.0. The number of hydrogen-bond acceptors (Lipinski definition) is 11. The van der Waals surface area contributed by atoms with Gasteiger partial charge in [0.15, 0.2) is 5.75 Å². The highest BCUT2D eigenvalue weighted by atomic mass is 16.5. The van der Waals surface area contributed by atoms with Gasteiger partial charge in [-0.15, -0.1) is 0 Å². The molecule has 2 aliphatic heterocycles. The molecule has 0 radical (unpaired) electrons. The zero-order valence-electron chi connectivity index (χ0n) is 29.0. The highest BCUT2D eigenvalue weighted by Gasteiger charge is 2.39. The Kier molecular flexibility index (Phi) is 8.40. The molecule has 52 heavy (non-hydrogen) atoms. The molecule has 3 aromatic carbocycles. The lowest BCUT2D eigenvalue weighted by atomic mass is 9.78. The number of carbonyl (C=O) groups is 3. The lowest BCUT2D eigenvalue weighted by Crippen LogP contribution is -2.52. The van der Waals surface area contributed by atoms with Gasteiger partial charge in [0.25, 0.3) is 5.91 Å². The number of nitrogens with one attached hydrogen (secondary N) is 2. The molecule has 1 saturated carbocycles. The number of carbonyl (C=O) groups excluding carboxylic acids is 3. The van der Waals surface area contributed by atoms with Gasteiger partial charge in [0.05, 0.1) is 12.4 Å². The molecule has 1 unspecified atom stereocenters. The van der Waals surface area contributed by atoms with Crippen molar-refractivity contribution in [3.63, 3.8) is 0 Å². The summed E-state index contributed by atoms with van der Waals surface area (Å²) in [5.41, 5.74) is 4.47. The number of hydrogen-bond donors (Lipinski definition) is 2. The van der Waals surface area contributed by atoms with Crippen LogP contribution in [0.15, 0.2) is 83.6 Å². The molecule has 13 nitrogen and oxygen atoms in total. The minimum absolute atomic E-state index is 0.104. The van der Waals surface area contributed by atoms with Gasteiger partial charge in [-0.1, -0.05) is 43.3 Å². The van der Waals surface area contributed by atoms with Crippen molar-refractivity contribution in [2.24, 2.45) is 0 Å². The molecule has 4 heterocycles. The number of rotatable bonds is 10. The molecule has 1 atom stereocenters. The molecule has 2 aromatic heterocycles. The normalized spacial score (nSPS) is 19.9. The van der Waals surface area contributed by atoms with Crippen LogP contribution in [-0.2, 0) is 21.5 Å². The topological polar surface area (TPSA) is 162 Å². The second-order valence-corrected chi connectivity index (χ2v) is 14.0. The van der Waals surface area contributed by atoms with Crippen LogP contribution < -0.4 is 20.1 Å². The predicted molar refractivity (Wildman–Crippen MR) is 189 cm³/mol. The van der Waals surface area contributed by atoms with Crippen LogP contribution in [0.25, 0.3) is 11.6 Å². The fourth-order valence-corrected chi connectivity index (χ4v) is 6.94. The van der Waals surface area contributed by atoms with E-state index in [1.165, 1.54) is 0 Å². The first kappa shape index (κ1) is 33.1. The minimum Gasteiger partial charge on any atom is -0.490 e. The molecule has 1 aliphatic carbocycles. The fraction of sp³-hybridized carbons (Fsp3) is 0.308. The van der Waals surface area contributed by atoms with Gasteiger partial charge in [-0.3, -0.25) is 19.7 Å². The number of anilines is 1. The second-order valence-electron chi connectivity index (χ2n) is 14.0. The Morgan fingerprint density at radius 2 is 1.58 bits per heavy atom. The van der Waals surface area contributed by atoms with Crippen LogP contribution in [-0.4, -0.2) is 60.9 Å². The lowest BCUT2D eigenvalue weighted by molar-refractivity contribution is -0.136. The van der Waals surface area contributed by atoms with Crippen LogP contribution in [0, 0.1) is 6.92 Å². The molecule has 5 aromatic rings. The van der Waals surface area contributed by atoms with E-state index in [1.807, 2.05) is 42.5 Å². The number of aryl methyl sites for hydroxylation is 1. The van der Waals surface area contributed by atoms with E-state index in [0.717, 1.165) is 41.0 Å². The van der Waals surface area contributed by atoms with E-state index in [4.69, 9.17) is 14.0 Å². The Hall–Kier alpha value is -6.11. The van der Waals surface area contributed by atoms with Gasteiger partial charge in [0.1, 0.15) is 23.6 Å². The third kappa shape index (κ3) is 6.57. The summed E-state index contributed by atoms with van der Waals surface area (Å²) >= 11 is 0. The Morgan fingerprint density at radius 3 is 2.23 bits per heavy atom. The summed E-state index contributed by atoms with van der Waals surface area (Å²) < 4.78 is 17.2. The molecule has 3 amide bonds. The summed E-state index contributed by atoms with van der Waals surface area (Å²) in [6, 6.07) is 21.6. The molecule has 13 heteroatoms. The number of benzene rings is 3. The van der Waals surface area contributed by atoms with Gasteiger partial charge in [-0.25, -0.2) is 9.97 Å². The van der Waals surface area contributed by atoms with Crippen LogP contribution in [0.5, 0.6) is 17.2 Å². The molecule has 264 valence electrons. The Labute approximate surface area is 299 Å². The zero-order chi connectivity index (χ0) is 36.0. The first-order valence-electron chi connectivity index (χ1n) is 17.3. The van der Waals surface area contributed by atoms with Crippen LogP contribution in [0.1, 0.15) is 72.5 Å².